The van der Waals surface area contributed by atoms with Crippen LogP contribution in [-0.4, -0.2) is 32.4 Å². The lowest BCUT2D eigenvalue weighted by molar-refractivity contribution is -0.185. The number of benzene rings is 3. The fourth-order valence-electron chi connectivity index (χ4n) is 4.34. The van der Waals surface area contributed by atoms with Gasteiger partial charge in [0, 0.05) is 17.6 Å². The van der Waals surface area contributed by atoms with E-state index in [-0.39, 0.29) is 13.0 Å². The Morgan fingerprint density at radius 3 is 2.47 bits per heavy atom. The van der Waals surface area contributed by atoms with Crippen LogP contribution < -0.4 is 0 Å². The molecule has 0 saturated carbocycles. The predicted molar refractivity (Wildman–Crippen MR) is 136 cm³/mol. The summed E-state index contributed by atoms with van der Waals surface area (Å²) in [5, 5.41) is 11.9. The van der Waals surface area contributed by atoms with Crippen LogP contribution in [0.5, 0.6) is 0 Å². The van der Waals surface area contributed by atoms with Crippen LogP contribution in [0.1, 0.15) is 45.1 Å². The quantitative estimate of drug-likeness (QED) is 0.377. The zero-order chi connectivity index (χ0) is 25.4. The maximum absolute atomic E-state index is 13.3. The monoisotopic (exact) mass is 500 g/mol. The smallest absolute Gasteiger partial charge is 0.342 e. The molecule has 1 unspecified atom stereocenters. The molecule has 0 fully saturated rings. The van der Waals surface area contributed by atoms with Gasteiger partial charge in [0.2, 0.25) is 0 Å². The molecular formula is C28H24N2O5S. The van der Waals surface area contributed by atoms with Crippen molar-refractivity contribution < 1.29 is 24.2 Å². The molecule has 0 spiro atoms. The minimum Gasteiger partial charge on any atom is -0.462 e. The highest BCUT2D eigenvalue weighted by atomic mass is 32.1. The van der Waals surface area contributed by atoms with Gasteiger partial charge in [0.25, 0.3) is 5.79 Å². The van der Waals surface area contributed by atoms with Gasteiger partial charge < -0.3 is 14.6 Å². The summed E-state index contributed by atoms with van der Waals surface area (Å²) in [5.41, 5.74) is 6.44. The highest BCUT2D eigenvalue weighted by molar-refractivity contribution is 7.00. The highest BCUT2D eigenvalue weighted by Gasteiger charge is 2.48. The van der Waals surface area contributed by atoms with Crippen LogP contribution in [0.25, 0.3) is 16.6 Å². The van der Waals surface area contributed by atoms with Gasteiger partial charge in [0.1, 0.15) is 11.0 Å². The van der Waals surface area contributed by atoms with Gasteiger partial charge >= 0.3 is 11.9 Å². The van der Waals surface area contributed by atoms with Crippen molar-refractivity contribution in [1.82, 2.24) is 8.75 Å². The van der Waals surface area contributed by atoms with Gasteiger partial charge in [-0.2, -0.15) is 8.75 Å². The number of aromatic nitrogens is 2. The van der Waals surface area contributed by atoms with Crippen molar-refractivity contribution in [3.8, 4) is 0 Å². The van der Waals surface area contributed by atoms with Crippen LogP contribution in [0.15, 0.2) is 66.2 Å². The second-order valence-electron chi connectivity index (χ2n) is 8.75. The Balaban J connectivity index is 1.63. The molecule has 1 aliphatic rings. The number of hydrogen-bond acceptors (Lipinski definition) is 8. The van der Waals surface area contributed by atoms with Gasteiger partial charge in [-0.15, -0.1) is 0 Å². The van der Waals surface area contributed by atoms with Crippen molar-refractivity contribution in [1.29, 1.82) is 0 Å². The molecular weight excluding hydrogens is 476 g/mol. The van der Waals surface area contributed by atoms with Crippen molar-refractivity contribution in [2.45, 2.75) is 33.0 Å². The van der Waals surface area contributed by atoms with Gasteiger partial charge in [0.15, 0.2) is 0 Å². The van der Waals surface area contributed by atoms with Gasteiger partial charge in [-0.25, -0.2) is 9.59 Å². The number of hydrogen-bond donors (Lipinski definition) is 1. The normalized spacial score (nSPS) is 17.5. The van der Waals surface area contributed by atoms with Crippen LogP contribution >= 0.6 is 11.7 Å². The number of nitrogens with zero attached hydrogens (tertiary/aromatic N) is 2. The fourth-order valence-corrected chi connectivity index (χ4v) is 4.86. The lowest BCUT2D eigenvalue weighted by atomic mass is 9.87. The summed E-state index contributed by atoms with van der Waals surface area (Å²) in [7, 11) is 0. The van der Waals surface area contributed by atoms with E-state index in [0.29, 0.717) is 33.4 Å². The summed E-state index contributed by atoms with van der Waals surface area (Å²) in [6.45, 7) is 5.97. The van der Waals surface area contributed by atoms with Crippen LogP contribution in [0.4, 0.5) is 0 Å². The molecule has 8 heteroatoms. The van der Waals surface area contributed by atoms with Crippen LogP contribution in [0.2, 0.25) is 0 Å². The van der Waals surface area contributed by atoms with E-state index in [0.717, 1.165) is 33.9 Å². The summed E-state index contributed by atoms with van der Waals surface area (Å²) in [4.78, 5) is 25.3. The molecule has 0 aliphatic carbocycles. The van der Waals surface area contributed by atoms with Gasteiger partial charge in [-0.05, 0) is 73.4 Å². The molecule has 0 saturated heterocycles. The number of esters is 2. The molecule has 7 nitrogen and oxygen atoms in total. The lowest BCUT2D eigenvalue weighted by Crippen LogP contribution is -2.30. The Labute approximate surface area is 212 Å². The van der Waals surface area contributed by atoms with E-state index in [9.17, 15) is 14.7 Å². The average molecular weight is 501 g/mol. The van der Waals surface area contributed by atoms with Gasteiger partial charge in [-0.1, -0.05) is 30.3 Å². The number of cyclic esters (lactones) is 1. The first-order chi connectivity index (χ1) is 17.3. The van der Waals surface area contributed by atoms with Gasteiger partial charge in [0.05, 0.1) is 29.5 Å². The molecule has 1 atom stereocenters. The van der Waals surface area contributed by atoms with E-state index in [2.05, 4.69) is 8.75 Å². The molecule has 1 aliphatic heterocycles. The topological polar surface area (TPSA) is 98.6 Å². The molecule has 0 amide bonds. The second-order valence-corrected chi connectivity index (χ2v) is 9.28. The van der Waals surface area contributed by atoms with E-state index in [1.807, 2.05) is 26.0 Å². The Hall–Kier alpha value is -3.88. The number of aryl methyl sites for hydroxylation is 2. The molecule has 5 rings (SSSR count). The largest absolute Gasteiger partial charge is 0.462 e. The summed E-state index contributed by atoms with van der Waals surface area (Å²) >= 11 is 1.10. The predicted octanol–water partition coefficient (Wildman–Crippen LogP) is 4.88. The molecule has 4 aromatic rings. The Kier molecular flexibility index (Phi) is 6.15. The standard InChI is InChI=1S/C28H24N2O5S/c1-4-34-26(31)19-8-6-18(7-9-19)14-22-25(20-10-12-23-24(15-20)30-36-29-23)27(32)35-28(22,33)21-11-5-16(2)17(3)13-21/h5-13,15,33H,4,14H2,1-3H3. The first-order valence-electron chi connectivity index (χ1n) is 11.6. The molecule has 0 radical (unpaired) electrons. The fraction of sp³-hybridized carbons (Fsp3) is 0.214. The molecule has 3 aromatic carbocycles. The molecule has 2 heterocycles. The third kappa shape index (κ3) is 4.19. The van der Waals surface area contributed by atoms with Crippen LogP contribution in [0, 0.1) is 13.8 Å². The van der Waals surface area contributed by atoms with Crippen LogP contribution in [-0.2, 0) is 26.5 Å². The molecule has 1 N–H and O–H groups in total. The minimum absolute atomic E-state index is 0.223. The molecule has 1 aromatic heterocycles. The second kappa shape index (κ2) is 9.29. The van der Waals surface area contributed by atoms with E-state index >= 15 is 0 Å². The number of rotatable bonds is 6. The van der Waals surface area contributed by atoms with Crippen molar-refractivity contribution in [3.63, 3.8) is 0 Å². The lowest BCUT2D eigenvalue weighted by Gasteiger charge is -2.26. The Bertz CT molecular complexity index is 1520. The first-order valence-corrected chi connectivity index (χ1v) is 12.3. The number of aliphatic hydroxyl groups is 1. The first kappa shape index (κ1) is 23.8. The molecule has 0 bridgehead atoms. The summed E-state index contributed by atoms with van der Waals surface area (Å²) in [6.07, 6.45) is 0.223. The third-order valence-electron chi connectivity index (χ3n) is 6.44. The average Bonchev–Trinajstić information content (AvgIpc) is 3.43. The van der Waals surface area contributed by atoms with Crippen LogP contribution in [0.3, 0.4) is 0 Å². The third-order valence-corrected chi connectivity index (χ3v) is 7.00. The zero-order valence-electron chi connectivity index (χ0n) is 20.1. The van der Waals surface area contributed by atoms with E-state index in [1.54, 1.807) is 55.5 Å². The molecule has 36 heavy (non-hydrogen) atoms. The number of carbonyl (C=O) groups excluding carboxylic acids is 2. The maximum atomic E-state index is 13.3. The van der Waals surface area contributed by atoms with Crippen molar-refractivity contribution in [3.05, 3.63) is 99.6 Å². The van der Waals surface area contributed by atoms with Crippen molar-refractivity contribution >= 4 is 40.3 Å². The van der Waals surface area contributed by atoms with Gasteiger partial charge in [-0.3, -0.25) is 0 Å². The summed E-state index contributed by atoms with van der Waals surface area (Å²) in [6, 6.07) is 17.8. The minimum atomic E-state index is -1.94. The van der Waals surface area contributed by atoms with Crippen molar-refractivity contribution in [2.24, 2.45) is 0 Å². The molecule has 182 valence electrons. The maximum Gasteiger partial charge on any atom is 0.342 e. The van der Waals surface area contributed by atoms with Crippen molar-refractivity contribution in [2.75, 3.05) is 6.61 Å². The highest BCUT2D eigenvalue weighted by Crippen LogP contribution is 2.45. The Morgan fingerprint density at radius 1 is 1.00 bits per heavy atom. The van der Waals surface area contributed by atoms with E-state index < -0.39 is 17.7 Å². The Morgan fingerprint density at radius 2 is 1.75 bits per heavy atom. The number of ether oxygens (including phenoxy) is 2. The number of fused-ring (bicyclic) bond motifs is 1. The van der Waals surface area contributed by atoms with E-state index in [4.69, 9.17) is 9.47 Å². The summed E-state index contributed by atoms with van der Waals surface area (Å²) < 4.78 is 19.3. The number of carbonyl (C=O) groups is 2. The SMILES string of the molecule is CCOC(=O)c1ccc(CC2=C(c3ccc4nsnc4c3)C(=O)OC2(O)c2ccc(C)c(C)c2)cc1. The van der Waals surface area contributed by atoms with E-state index in [1.165, 1.54) is 0 Å². The summed E-state index contributed by atoms with van der Waals surface area (Å²) in [5.74, 6) is -2.96. The zero-order valence-corrected chi connectivity index (χ0v) is 20.9.